The Hall–Kier alpha value is -3.27. The lowest BCUT2D eigenvalue weighted by atomic mass is 10.1. The molecular weight excluding hydrogens is 330 g/mol. The average Bonchev–Trinajstić information content (AvgIpc) is 3.33. The SMILES string of the molecule is CNc1c(C=O)c(C#Cc2cc(OC)c3c(c2)ncn3C2CC2)nn1C. The molecule has 1 saturated carbocycles. The molecule has 0 spiro atoms. The van der Waals surface area contributed by atoms with Crippen LogP contribution >= 0.6 is 0 Å². The van der Waals surface area contributed by atoms with E-state index in [2.05, 4.69) is 31.8 Å². The summed E-state index contributed by atoms with van der Waals surface area (Å²) in [6.07, 6.45) is 4.99. The van der Waals surface area contributed by atoms with Gasteiger partial charge in [0, 0.05) is 25.7 Å². The summed E-state index contributed by atoms with van der Waals surface area (Å²) >= 11 is 0. The zero-order valence-electron chi connectivity index (χ0n) is 14.9. The van der Waals surface area contributed by atoms with Crippen molar-refractivity contribution in [2.75, 3.05) is 19.5 Å². The topological polar surface area (TPSA) is 74.0 Å². The Labute approximate surface area is 151 Å². The molecule has 132 valence electrons. The van der Waals surface area contributed by atoms with Crippen molar-refractivity contribution >= 4 is 23.1 Å². The number of carbonyl (C=O) groups is 1. The van der Waals surface area contributed by atoms with Gasteiger partial charge in [0.1, 0.15) is 22.8 Å². The van der Waals surface area contributed by atoms with Crippen LogP contribution in [0.25, 0.3) is 11.0 Å². The van der Waals surface area contributed by atoms with Crippen molar-refractivity contribution in [1.29, 1.82) is 0 Å². The molecule has 0 saturated heterocycles. The number of anilines is 1. The summed E-state index contributed by atoms with van der Waals surface area (Å²) in [4.78, 5) is 15.9. The first-order valence-corrected chi connectivity index (χ1v) is 8.42. The monoisotopic (exact) mass is 349 g/mol. The second kappa shape index (κ2) is 6.23. The van der Waals surface area contributed by atoms with Gasteiger partial charge in [-0.2, -0.15) is 5.10 Å². The number of benzene rings is 1. The Morgan fingerprint density at radius 3 is 2.81 bits per heavy atom. The highest BCUT2D eigenvalue weighted by Crippen LogP contribution is 2.39. The van der Waals surface area contributed by atoms with Crippen LogP contribution in [0.1, 0.15) is 40.5 Å². The number of imidazole rings is 1. The molecule has 3 aromatic rings. The molecule has 1 aliphatic rings. The number of fused-ring (bicyclic) bond motifs is 1. The minimum atomic E-state index is 0.439. The minimum Gasteiger partial charge on any atom is -0.494 e. The van der Waals surface area contributed by atoms with E-state index in [1.807, 2.05) is 18.5 Å². The Morgan fingerprint density at radius 1 is 1.35 bits per heavy atom. The number of aryl methyl sites for hydroxylation is 1. The quantitative estimate of drug-likeness (QED) is 0.578. The predicted octanol–water partition coefficient (Wildman–Crippen LogP) is 2.37. The summed E-state index contributed by atoms with van der Waals surface area (Å²) in [5, 5.41) is 7.27. The lowest BCUT2D eigenvalue weighted by Gasteiger charge is -2.07. The molecule has 2 aromatic heterocycles. The molecule has 0 radical (unpaired) electrons. The van der Waals surface area contributed by atoms with E-state index in [1.54, 1.807) is 25.9 Å². The van der Waals surface area contributed by atoms with Crippen LogP contribution in [-0.4, -0.2) is 39.8 Å². The van der Waals surface area contributed by atoms with Crippen LogP contribution in [0.5, 0.6) is 5.75 Å². The van der Waals surface area contributed by atoms with E-state index < -0.39 is 0 Å². The first-order valence-electron chi connectivity index (χ1n) is 8.42. The van der Waals surface area contributed by atoms with Gasteiger partial charge in [-0.15, -0.1) is 0 Å². The van der Waals surface area contributed by atoms with Crippen LogP contribution in [0, 0.1) is 11.8 Å². The van der Waals surface area contributed by atoms with Gasteiger partial charge in [-0.1, -0.05) is 5.92 Å². The second-order valence-corrected chi connectivity index (χ2v) is 6.28. The van der Waals surface area contributed by atoms with Gasteiger partial charge in [0.25, 0.3) is 0 Å². The van der Waals surface area contributed by atoms with Crippen molar-refractivity contribution in [3.8, 4) is 17.6 Å². The summed E-state index contributed by atoms with van der Waals surface area (Å²) < 4.78 is 9.35. The largest absolute Gasteiger partial charge is 0.494 e. The summed E-state index contributed by atoms with van der Waals surface area (Å²) in [6, 6.07) is 4.36. The van der Waals surface area contributed by atoms with E-state index in [4.69, 9.17) is 4.74 Å². The summed E-state index contributed by atoms with van der Waals surface area (Å²) in [6.45, 7) is 0. The fraction of sp³-hybridized carbons (Fsp3) is 0.316. The molecular formula is C19H19N5O2. The number of nitrogens with zero attached hydrogens (tertiary/aromatic N) is 4. The smallest absolute Gasteiger partial charge is 0.156 e. The summed E-state index contributed by atoms with van der Waals surface area (Å²) in [5.74, 6) is 7.46. The van der Waals surface area contributed by atoms with Gasteiger partial charge in [0.15, 0.2) is 6.29 Å². The molecule has 0 atom stereocenters. The van der Waals surface area contributed by atoms with Crippen LogP contribution in [0.4, 0.5) is 5.82 Å². The van der Waals surface area contributed by atoms with Crippen molar-refractivity contribution in [1.82, 2.24) is 19.3 Å². The number of carbonyl (C=O) groups excluding carboxylic acids is 1. The van der Waals surface area contributed by atoms with Crippen LogP contribution < -0.4 is 10.1 Å². The Morgan fingerprint density at radius 2 is 2.15 bits per heavy atom. The number of ether oxygens (including phenoxy) is 1. The van der Waals surface area contributed by atoms with Gasteiger partial charge in [-0.3, -0.25) is 9.48 Å². The highest BCUT2D eigenvalue weighted by molar-refractivity contribution is 5.87. The van der Waals surface area contributed by atoms with Crippen molar-refractivity contribution in [2.24, 2.45) is 7.05 Å². The molecule has 0 amide bonds. The highest BCUT2D eigenvalue weighted by atomic mass is 16.5. The third-order valence-corrected chi connectivity index (χ3v) is 4.56. The third kappa shape index (κ3) is 2.60. The summed E-state index contributed by atoms with van der Waals surface area (Å²) in [5.41, 5.74) is 3.52. The molecule has 7 nitrogen and oxygen atoms in total. The number of nitrogens with one attached hydrogen (secondary N) is 1. The number of aromatic nitrogens is 4. The van der Waals surface area contributed by atoms with E-state index in [0.717, 1.165) is 28.6 Å². The molecule has 26 heavy (non-hydrogen) atoms. The van der Waals surface area contributed by atoms with E-state index >= 15 is 0 Å². The fourth-order valence-electron chi connectivity index (χ4n) is 3.16. The first-order chi connectivity index (χ1) is 12.7. The molecule has 0 unspecified atom stereocenters. The highest BCUT2D eigenvalue weighted by Gasteiger charge is 2.26. The Bertz CT molecular complexity index is 1060. The van der Waals surface area contributed by atoms with Gasteiger partial charge >= 0.3 is 0 Å². The molecule has 2 heterocycles. The van der Waals surface area contributed by atoms with Gasteiger partial charge in [0.2, 0.25) is 0 Å². The van der Waals surface area contributed by atoms with Crippen LogP contribution in [0.3, 0.4) is 0 Å². The molecule has 0 bridgehead atoms. The molecule has 4 rings (SSSR count). The van der Waals surface area contributed by atoms with Crippen molar-refractivity contribution in [3.63, 3.8) is 0 Å². The molecule has 1 aromatic carbocycles. The van der Waals surface area contributed by atoms with Gasteiger partial charge < -0.3 is 14.6 Å². The normalized spacial score (nSPS) is 13.3. The number of hydrogen-bond acceptors (Lipinski definition) is 5. The third-order valence-electron chi connectivity index (χ3n) is 4.56. The summed E-state index contributed by atoms with van der Waals surface area (Å²) in [7, 11) is 5.17. The van der Waals surface area contributed by atoms with E-state index in [-0.39, 0.29) is 0 Å². The van der Waals surface area contributed by atoms with Crippen molar-refractivity contribution in [2.45, 2.75) is 18.9 Å². The van der Waals surface area contributed by atoms with Gasteiger partial charge in [-0.25, -0.2) is 4.98 Å². The predicted molar refractivity (Wildman–Crippen MR) is 98.7 cm³/mol. The zero-order chi connectivity index (χ0) is 18.3. The maximum Gasteiger partial charge on any atom is 0.156 e. The first kappa shape index (κ1) is 16.2. The Kier molecular flexibility index (Phi) is 3.88. The van der Waals surface area contributed by atoms with Gasteiger partial charge in [0.05, 0.1) is 24.5 Å². The van der Waals surface area contributed by atoms with Crippen LogP contribution in [0.15, 0.2) is 18.5 Å². The maximum atomic E-state index is 11.4. The molecule has 1 aliphatic carbocycles. The lowest BCUT2D eigenvalue weighted by molar-refractivity contribution is 0.112. The van der Waals surface area contributed by atoms with Crippen molar-refractivity contribution in [3.05, 3.63) is 35.3 Å². The molecule has 1 fully saturated rings. The fourth-order valence-corrected chi connectivity index (χ4v) is 3.16. The average molecular weight is 349 g/mol. The number of methoxy groups -OCH3 is 1. The van der Waals surface area contributed by atoms with Gasteiger partial charge in [-0.05, 0) is 30.9 Å². The number of rotatable bonds is 4. The number of hydrogen-bond donors (Lipinski definition) is 1. The maximum absolute atomic E-state index is 11.4. The second-order valence-electron chi connectivity index (χ2n) is 6.28. The zero-order valence-corrected chi connectivity index (χ0v) is 14.9. The molecule has 0 aliphatic heterocycles. The lowest BCUT2D eigenvalue weighted by Crippen LogP contribution is -1.99. The molecule has 1 N–H and O–H groups in total. The van der Waals surface area contributed by atoms with E-state index in [1.165, 1.54) is 12.8 Å². The minimum absolute atomic E-state index is 0.439. The Balaban J connectivity index is 1.78. The van der Waals surface area contributed by atoms with Crippen molar-refractivity contribution < 1.29 is 9.53 Å². The van der Waals surface area contributed by atoms with E-state index in [0.29, 0.717) is 23.1 Å². The van der Waals surface area contributed by atoms with E-state index in [9.17, 15) is 4.79 Å². The van der Waals surface area contributed by atoms with Crippen LogP contribution in [0.2, 0.25) is 0 Å². The number of aldehydes is 1. The molecule has 7 heteroatoms. The van der Waals surface area contributed by atoms with Crippen LogP contribution in [-0.2, 0) is 7.05 Å². The standard InChI is InChI=1S/C19H19N5O2/c1-20-19-14(10-25)15(22-23(19)2)7-4-12-8-16-18(17(9-12)26-3)24(11-21-16)13-5-6-13/h8-11,13,20H,5-6H2,1-3H3.